The summed E-state index contributed by atoms with van der Waals surface area (Å²) in [4.78, 5) is 5.45. The fourth-order valence-electron chi connectivity index (χ4n) is 2.09. The van der Waals surface area contributed by atoms with Crippen molar-refractivity contribution in [2.45, 2.75) is 12.6 Å². The van der Waals surface area contributed by atoms with Gasteiger partial charge in [0.05, 0.1) is 17.5 Å². The van der Waals surface area contributed by atoms with Crippen LogP contribution in [0.15, 0.2) is 54.2 Å². The van der Waals surface area contributed by atoms with Gasteiger partial charge in [-0.05, 0) is 29.1 Å². The van der Waals surface area contributed by atoms with Gasteiger partial charge in [-0.15, -0.1) is 11.3 Å². The van der Waals surface area contributed by atoms with Crippen molar-refractivity contribution in [3.63, 3.8) is 0 Å². The van der Waals surface area contributed by atoms with E-state index in [2.05, 4.69) is 4.98 Å². The fraction of sp³-hybridized carbons (Fsp3) is 0.133. The van der Waals surface area contributed by atoms with Crippen LogP contribution in [0.5, 0.6) is 0 Å². The molecule has 0 aliphatic heterocycles. The van der Waals surface area contributed by atoms with Crippen molar-refractivity contribution in [3.05, 3.63) is 64.8 Å². The number of halogens is 1. The van der Waals surface area contributed by atoms with Crippen LogP contribution < -0.4 is 0 Å². The van der Waals surface area contributed by atoms with E-state index in [0.29, 0.717) is 11.6 Å². The molecule has 0 saturated heterocycles. The Morgan fingerprint density at radius 1 is 1.30 bits per heavy atom. The molecule has 2 heterocycles. The molecule has 102 valence electrons. The number of nitrogens with zero attached hydrogens (tertiary/aromatic N) is 2. The van der Waals surface area contributed by atoms with Crippen LogP contribution in [0.25, 0.3) is 10.7 Å². The largest absolute Gasteiger partial charge is 0.387 e. The molecule has 1 N–H and O–H groups in total. The summed E-state index contributed by atoms with van der Waals surface area (Å²) in [6.45, 7) is 0.452. The van der Waals surface area contributed by atoms with E-state index in [1.54, 1.807) is 29.7 Å². The van der Waals surface area contributed by atoms with Crippen LogP contribution in [0.2, 0.25) is 5.02 Å². The van der Waals surface area contributed by atoms with Crippen LogP contribution in [-0.4, -0.2) is 14.7 Å². The first kappa shape index (κ1) is 13.4. The monoisotopic (exact) mass is 304 g/mol. The average molecular weight is 305 g/mol. The van der Waals surface area contributed by atoms with E-state index in [1.807, 2.05) is 40.4 Å². The molecule has 0 spiro atoms. The van der Waals surface area contributed by atoms with Gasteiger partial charge in [0, 0.05) is 17.4 Å². The number of imidazole rings is 1. The quantitative estimate of drug-likeness (QED) is 0.791. The van der Waals surface area contributed by atoms with Crippen molar-refractivity contribution in [2.75, 3.05) is 0 Å². The van der Waals surface area contributed by atoms with Crippen molar-refractivity contribution >= 4 is 22.9 Å². The molecule has 2 aromatic heterocycles. The molecule has 3 rings (SSSR count). The van der Waals surface area contributed by atoms with Gasteiger partial charge in [0.1, 0.15) is 5.82 Å². The highest BCUT2D eigenvalue weighted by Gasteiger charge is 2.13. The minimum Gasteiger partial charge on any atom is -0.387 e. The Morgan fingerprint density at radius 3 is 2.95 bits per heavy atom. The summed E-state index contributed by atoms with van der Waals surface area (Å²) >= 11 is 7.59. The van der Waals surface area contributed by atoms with Gasteiger partial charge in [0.15, 0.2) is 0 Å². The molecule has 0 amide bonds. The SMILES string of the molecule is OC(Cn1ccnc1-c1cccs1)c1cccc(Cl)c1. The van der Waals surface area contributed by atoms with E-state index in [9.17, 15) is 5.11 Å². The Labute approximate surface area is 126 Å². The summed E-state index contributed by atoms with van der Waals surface area (Å²) in [5.41, 5.74) is 0.809. The van der Waals surface area contributed by atoms with E-state index in [0.717, 1.165) is 16.3 Å². The molecule has 3 aromatic rings. The molecule has 20 heavy (non-hydrogen) atoms. The van der Waals surface area contributed by atoms with Gasteiger partial charge in [-0.3, -0.25) is 0 Å². The van der Waals surface area contributed by atoms with Gasteiger partial charge in [0.25, 0.3) is 0 Å². The molecule has 0 aliphatic rings. The second-order valence-corrected chi connectivity index (χ2v) is 5.84. The van der Waals surface area contributed by atoms with Gasteiger partial charge >= 0.3 is 0 Å². The molecule has 0 bridgehead atoms. The summed E-state index contributed by atoms with van der Waals surface area (Å²) in [5.74, 6) is 0.876. The molecule has 0 radical (unpaired) electrons. The molecule has 3 nitrogen and oxygen atoms in total. The lowest BCUT2D eigenvalue weighted by atomic mass is 10.1. The molecule has 1 aromatic carbocycles. The van der Waals surface area contributed by atoms with Crippen LogP contribution in [-0.2, 0) is 6.54 Å². The Bertz CT molecular complexity index is 693. The molecule has 1 atom stereocenters. The zero-order valence-electron chi connectivity index (χ0n) is 10.6. The zero-order chi connectivity index (χ0) is 13.9. The third-order valence-electron chi connectivity index (χ3n) is 3.06. The Balaban J connectivity index is 1.84. The summed E-state index contributed by atoms with van der Waals surface area (Å²) in [5, 5.41) is 13.0. The van der Waals surface area contributed by atoms with Crippen molar-refractivity contribution in [1.29, 1.82) is 0 Å². The summed E-state index contributed by atoms with van der Waals surface area (Å²) in [6, 6.07) is 11.3. The van der Waals surface area contributed by atoms with Crippen LogP contribution in [0.4, 0.5) is 0 Å². The zero-order valence-corrected chi connectivity index (χ0v) is 12.2. The fourth-order valence-corrected chi connectivity index (χ4v) is 3.03. The number of thiophene rings is 1. The Hall–Kier alpha value is -1.62. The number of hydrogen-bond donors (Lipinski definition) is 1. The lowest BCUT2D eigenvalue weighted by molar-refractivity contribution is 0.157. The van der Waals surface area contributed by atoms with E-state index in [4.69, 9.17) is 11.6 Å². The summed E-state index contributed by atoms with van der Waals surface area (Å²) in [6.07, 6.45) is 3.02. The molecule has 0 saturated carbocycles. The topological polar surface area (TPSA) is 38.0 Å². The normalized spacial score (nSPS) is 12.5. The number of aliphatic hydroxyl groups excluding tert-OH is 1. The first-order valence-corrected chi connectivity index (χ1v) is 7.48. The number of aliphatic hydroxyl groups is 1. The maximum Gasteiger partial charge on any atom is 0.150 e. The lowest BCUT2D eigenvalue weighted by Crippen LogP contribution is -2.09. The highest BCUT2D eigenvalue weighted by atomic mass is 35.5. The number of benzene rings is 1. The lowest BCUT2D eigenvalue weighted by Gasteiger charge is -2.14. The molecule has 5 heteroatoms. The minimum atomic E-state index is -0.610. The van der Waals surface area contributed by atoms with Crippen LogP contribution in [0.1, 0.15) is 11.7 Å². The molecule has 0 fully saturated rings. The van der Waals surface area contributed by atoms with Crippen molar-refractivity contribution in [1.82, 2.24) is 9.55 Å². The van der Waals surface area contributed by atoms with E-state index in [-0.39, 0.29) is 0 Å². The number of rotatable bonds is 4. The average Bonchev–Trinajstić information content (AvgIpc) is 3.08. The van der Waals surface area contributed by atoms with Gasteiger partial charge in [-0.2, -0.15) is 0 Å². The van der Waals surface area contributed by atoms with Gasteiger partial charge in [0.2, 0.25) is 0 Å². The molecular weight excluding hydrogens is 292 g/mol. The van der Waals surface area contributed by atoms with Crippen molar-refractivity contribution in [3.8, 4) is 10.7 Å². The third kappa shape index (κ3) is 2.77. The number of hydrogen-bond acceptors (Lipinski definition) is 3. The molecular formula is C15H13ClN2OS. The van der Waals surface area contributed by atoms with Crippen molar-refractivity contribution in [2.24, 2.45) is 0 Å². The van der Waals surface area contributed by atoms with Crippen LogP contribution in [0.3, 0.4) is 0 Å². The Morgan fingerprint density at radius 2 is 2.20 bits per heavy atom. The predicted molar refractivity (Wildman–Crippen MR) is 82.0 cm³/mol. The third-order valence-corrected chi connectivity index (χ3v) is 4.16. The minimum absolute atomic E-state index is 0.452. The maximum absolute atomic E-state index is 10.3. The van der Waals surface area contributed by atoms with Crippen LogP contribution in [0, 0.1) is 0 Å². The standard InChI is InChI=1S/C15H13ClN2OS/c16-12-4-1-3-11(9-12)13(19)10-18-7-6-17-15(18)14-5-2-8-20-14/h1-9,13,19H,10H2. The summed E-state index contributed by atoms with van der Waals surface area (Å²) < 4.78 is 1.96. The first-order valence-electron chi connectivity index (χ1n) is 6.22. The molecule has 0 aliphatic carbocycles. The van der Waals surface area contributed by atoms with Crippen LogP contribution >= 0.6 is 22.9 Å². The number of aromatic nitrogens is 2. The van der Waals surface area contributed by atoms with E-state index >= 15 is 0 Å². The smallest absolute Gasteiger partial charge is 0.150 e. The highest BCUT2D eigenvalue weighted by molar-refractivity contribution is 7.13. The second-order valence-electron chi connectivity index (χ2n) is 4.45. The molecule has 1 unspecified atom stereocenters. The predicted octanol–water partition coefficient (Wildman–Crippen LogP) is 4.00. The van der Waals surface area contributed by atoms with Gasteiger partial charge in [-0.25, -0.2) is 4.98 Å². The van der Waals surface area contributed by atoms with E-state index < -0.39 is 6.10 Å². The van der Waals surface area contributed by atoms with Gasteiger partial charge in [-0.1, -0.05) is 29.8 Å². The van der Waals surface area contributed by atoms with Crippen molar-refractivity contribution < 1.29 is 5.11 Å². The van der Waals surface area contributed by atoms with Gasteiger partial charge < -0.3 is 9.67 Å². The highest BCUT2D eigenvalue weighted by Crippen LogP contribution is 2.25. The Kier molecular flexibility index (Phi) is 3.87. The first-order chi connectivity index (χ1) is 9.74. The summed E-state index contributed by atoms with van der Waals surface area (Å²) in [7, 11) is 0. The van der Waals surface area contributed by atoms with E-state index in [1.165, 1.54) is 0 Å². The second kappa shape index (κ2) is 5.79. The maximum atomic E-state index is 10.3.